The molecule has 0 atom stereocenters. The van der Waals surface area contributed by atoms with Gasteiger partial charge in [0.2, 0.25) is 5.88 Å². The maximum Gasteiger partial charge on any atom is 0.232 e. The Balaban J connectivity index is 2.69. The van der Waals surface area contributed by atoms with Crippen LogP contribution in [0.5, 0.6) is 5.88 Å². The SMILES string of the molecule is [CH2]COc1cnc(I)cn1. The quantitative estimate of drug-likeness (QED) is 0.741. The van der Waals surface area contributed by atoms with Gasteiger partial charge >= 0.3 is 0 Å². The Kier molecular flexibility index (Phi) is 2.85. The fraction of sp³-hybridized carbons (Fsp3) is 0.167. The Morgan fingerprint density at radius 3 is 2.80 bits per heavy atom. The smallest absolute Gasteiger partial charge is 0.232 e. The van der Waals surface area contributed by atoms with Crippen LogP contribution in [0.3, 0.4) is 0 Å². The van der Waals surface area contributed by atoms with E-state index in [0.717, 1.165) is 3.70 Å². The van der Waals surface area contributed by atoms with Crippen LogP contribution in [-0.2, 0) is 0 Å². The second-order valence-corrected chi connectivity index (χ2v) is 2.63. The van der Waals surface area contributed by atoms with E-state index in [9.17, 15) is 0 Å². The van der Waals surface area contributed by atoms with Gasteiger partial charge in [-0.3, -0.25) is 0 Å². The fourth-order valence-corrected chi connectivity index (χ4v) is 0.758. The maximum absolute atomic E-state index is 4.97. The van der Waals surface area contributed by atoms with Crippen LogP contribution >= 0.6 is 22.6 Å². The van der Waals surface area contributed by atoms with E-state index in [1.165, 1.54) is 0 Å². The van der Waals surface area contributed by atoms with Crippen LogP contribution in [0.15, 0.2) is 12.4 Å². The highest BCUT2D eigenvalue weighted by molar-refractivity contribution is 14.1. The first-order valence-corrected chi connectivity index (χ1v) is 3.80. The molecule has 1 heterocycles. The normalized spacial score (nSPS) is 9.40. The molecule has 0 unspecified atom stereocenters. The molecule has 0 aromatic carbocycles. The summed E-state index contributed by atoms with van der Waals surface area (Å²) < 4.78 is 5.83. The molecule has 3 nitrogen and oxygen atoms in total. The first-order valence-electron chi connectivity index (χ1n) is 2.72. The molecule has 0 aliphatic carbocycles. The third kappa shape index (κ3) is 2.09. The molecule has 1 aromatic rings. The van der Waals surface area contributed by atoms with Gasteiger partial charge in [-0.15, -0.1) is 0 Å². The summed E-state index contributed by atoms with van der Waals surface area (Å²) in [7, 11) is 0. The average molecular weight is 249 g/mol. The monoisotopic (exact) mass is 249 g/mol. The average Bonchev–Trinajstić information content (AvgIpc) is 1.95. The van der Waals surface area contributed by atoms with Gasteiger partial charge in [0.05, 0.1) is 19.0 Å². The third-order valence-electron chi connectivity index (χ3n) is 0.847. The van der Waals surface area contributed by atoms with E-state index in [1.54, 1.807) is 12.4 Å². The van der Waals surface area contributed by atoms with Crippen molar-refractivity contribution in [2.75, 3.05) is 6.61 Å². The number of nitrogens with zero attached hydrogens (tertiary/aromatic N) is 2. The van der Waals surface area contributed by atoms with Gasteiger partial charge in [-0.25, -0.2) is 9.97 Å². The Labute approximate surface area is 73.0 Å². The van der Waals surface area contributed by atoms with E-state index in [0.29, 0.717) is 12.5 Å². The van der Waals surface area contributed by atoms with Crippen molar-refractivity contribution < 1.29 is 4.74 Å². The van der Waals surface area contributed by atoms with Gasteiger partial charge in [-0.1, -0.05) is 0 Å². The van der Waals surface area contributed by atoms with Gasteiger partial charge in [0.1, 0.15) is 3.70 Å². The minimum atomic E-state index is 0.384. The molecule has 53 valence electrons. The van der Waals surface area contributed by atoms with Crippen molar-refractivity contribution in [3.63, 3.8) is 0 Å². The van der Waals surface area contributed by atoms with Crippen molar-refractivity contribution >= 4 is 22.6 Å². The minimum Gasteiger partial charge on any atom is -0.477 e. The van der Waals surface area contributed by atoms with E-state index >= 15 is 0 Å². The Hall–Kier alpha value is -0.390. The summed E-state index contributed by atoms with van der Waals surface area (Å²) in [5.41, 5.74) is 0. The highest BCUT2D eigenvalue weighted by Crippen LogP contribution is 2.04. The van der Waals surface area contributed by atoms with Gasteiger partial charge in [-0.05, 0) is 29.5 Å². The van der Waals surface area contributed by atoms with Gasteiger partial charge in [0.25, 0.3) is 0 Å². The molecule has 0 fully saturated rings. The van der Waals surface area contributed by atoms with Gasteiger partial charge in [0.15, 0.2) is 0 Å². The summed E-state index contributed by atoms with van der Waals surface area (Å²) in [5.74, 6) is 0.524. The second kappa shape index (κ2) is 3.70. The van der Waals surface area contributed by atoms with E-state index < -0.39 is 0 Å². The first kappa shape index (κ1) is 7.71. The number of halogens is 1. The Morgan fingerprint density at radius 2 is 2.30 bits per heavy atom. The van der Waals surface area contributed by atoms with Gasteiger partial charge in [-0.2, -0.15) is 0 Å². The second-order valence-electron chi connectivity index (χ2n) is 1.53. The maximum atomic E-state index is 4.97. The Morgan fingerprint density at radius 1 is 1.50 bits per heavy atom. The van der Waals surface area contributed by atoms with Crippen LogP contribution in [0.25, 0.3) is 0 Å². The molecule has 0 bridgehead atoms. The first-order chi connectivity index (χ1) is 4.83. The Bertz CT molecular complexity index is 199. The van der Waals surface area contributed by atoms with Crippen LogP contribution in [0.4, 0.5) is 0 Å². The summed E-state index contributed by atoms with van der Waals surface area (Å²) in [6.45, 7) is 3.90. The van der Waals surface area contributed by atoms with Crippen molar-refractivity contribution in [3.05, 3.63) is 23.0 Å². The predicted octanol–water partition coefficient (Wildman–Crippen LogP) is 1.29. The molecular formula is C6H6IN2O. The molecule has 1 radical (unpaired) electrons. The van der Waals surface area contributed by atoms with Crippen molar-refractivity contribution in [2.24, 2.45) is 0 Å². The zero-order valence-corrected chi connectivity index (χ0v) is 7.41. The van der Waals surface area contributed by atoms with Crippen LogP contribution in [-0.4, -0.2) is 16.6 Å². The standard InChI is InChI=1S/C6H6IN2O/c1-2-10-6-4-8-5(7)3-9-6/h3-4H,1-2H2. The highest BCUT2D eigenvalue weighted by atomic mass is 127. The number of ether oxygens (including phenoxy) is 1. The molecule has 10 heavy (non-hydrogen) atoms. The molecule has 0 aliphatic rings. The van der Waals surface area contributed by atoms with Crippen molar-refractivity contribution in [1.82, 2.24) is 9.97 Å². The van der Waals surface area contributed by atoms with Crippen LogP contribution in [0.2, 0.25) is 0 Å². The summed E-state index contributed by atoms with van der Waals surface area (Å²) >= 11 is 2.08. The van der Waals surface area contributed by atoms with E-state index in [-0.39, 0.29) is 0 Å². The molecule has 1 rings (SSSR count). The number of hydrogen-bond donors (Lipinski definition) is 0. The molecule has 0 spiro atoms. The molecule has 0 saturated heterocycles. The largest absolute Gasteiger partial charge is 0.477 e. The molecule has 0 N–H and O–H groups in total. The van der Waals surface area contributed by atoms with Crippen LogP contribution < -0.4 is 4.74 Å². The number of aromatic nitrogens is 2. The van der Waals surface area contributed by atoms with Gasteiger partial charge < -0.3 is 4.74 Å². The fourth-order valence-electron chi connectivity index (χ4n) is 0.480. The zero-order valence-electron chi connectivity index (χ0n) is 5.25. The summed E-state index contributed by atoms with van der Waals surface area (Å²) in [5, 5.41) is 0. The zero-order chi connectivity index (χ0) is 7.40. The summed E-state index contributed by atoms with van der Waals surface area (Å²) in [6, 6.07) is 0. The third-order valence-corrected chi connectivity index (χ3v) is 1.40. The molecule has 0 aliphatic heterocycles. The lowest BCUT2D eigenvalue weighted by atomic mass is 10.7. The number of hydrogen-bond acceptors (Lipinski definition) is 3. The lowest BCUT2D eigenvalue weighted by molar-refractivity contribution is 0.344. The molecule has 4 heteroatoms. The van der Waals surface area contributed by atoms with Crippen LogP contribution in [0.1, 0.15) is 0 Å². The number of rotatable bonds is 2. The molecule has 0 amide bonds. The molecule has 1 aromatic heterocycles. The van der Waals surface area contributed by atoms with Crippen molar-refractivity contribution in [3.8, 4) is 5.88 Å². The van der Waals surface area contributed by atoms with E-state index in [2.05, 4.69) is 39.5 Å². The topological polar surface area (TPSA) is 35.0 Å². The molecular weight excluding hydrogens is 243 g/mol. The van der Waals surface area contributed by atoms with Gasteiger partial charge in [0, 0.05) is 0 Å². The lowest BCUT2D eigenvalue weighted by Gasteiger charge is -1.98. The molecule has 0 saturated carbocycles. The van der Waals surface area contributed by atoms with Crippen LogP contribution in [0, 0.1) is 10.6 Å². The lowest BCUT2D eigenvalue weighted by Crippen LogP contribution is -1.95. The van der Waals surface area contributed by atoms with E-state index in [1.807, 2.05) is 0 Å². The predicted molar refractivity (Wildman–Crippen MR) is 45.6 cm³/mol. The van der Waals surface area contributed by atoms with Crippen molar-refractivity contribution in [1.29, 1.82) is 0 Å². The minimum absolute atomic E-state index is 0.384. The van der Waals surface area contributed by atoms with E-state index in [4.69, 9.17) is 4.74 Å². The summed E-state index contributed by atoms with van der Waals surface area (Å²) in [4.78, 5) is 7.90. The highest BCUT2D eigenvalue weighted by Gasteiger charge is 1.92. The summed E-state index contributed by atoms with van der Waals surface area (Å²) in [6.07, 6.45) is 3.22. The van der Waals surface area contributed by atoms with Crippen molar-refractivity contribution in [2.45, 2.75) is 0 Å².